The number of nitrogens with one attached hydrogen (secondary N) is 1. The van der Waals surface area contributed by atoms with Crippen molar-refractivity contribution < 1.29 is 14.0 Å². The van der Waals surface area contributed by atoms with Gasteiger partial charge in [0.05, 0.1) is 12.8 Å². The molecule has 0 fully saturated rings. The van der Waals surface area contributed by atoms with Crippen molar-refractivity contribution in [3.63, 3.8) is 0 Å². The van der Waals surface area contributed by atoms with E-state index in [1.54, 1.807) is 17.2 Å². The Kier molecular flexibility index (Phi) is 5.97. The topological polar surface area (TPSA) is 62.6 Å². The van der Waals surface area contributed by atoms with Crippen molar-refractivity contribution in [1.29, 1.82) is 0 Å². The average molecular weight is 252 g/mol. The molecule has 2 amide bonds. The number of carbonyl (C=O) groups is 2. The predicted octanol–water partition coefficient (Wildman–Crippen LogP) is 1.54. The van der Waals surface area contributed by atoms with Crippen LogP contribution in [0.5, 0.6) is 0 Å². The quantitative estimate of drug-likeness (QED) is 0.800. The van der Waals surface area contributed by atoms with Gasteiger partial charge in [0.25, 0.3) is 0 Å². The van der Waals surface area contributed by atoms with E-state index in [9.17, 15) is 9.59 Å². The molecule has 5 nitrogen and oxygen atoms in total. The molecule has 1 heterocycles. The molecule has 0 saturated heterocycles. The number of nitrogens with zero attached hydrogens (tertiary/aromatic N) is 1. The minimum absolute atomic E-state index is 0.0254. The molecule has 0 spiro atoms. The van der Waals surface area contributed by atoms with E-state index in [0.717, 1.165) is 12.2 Å². The van der Waals surface area contributed by atoms with Crippen LogP contribution in [0.3, 0.4) is 0 Å². The Labute approximate surface area is 107 Å². The summed E-state index contributed by atoms with van der Waals surface area (Å²) >= 11 is 0. The summed E-state index contributed by atoms with van der Waals surface area (Å²) in [6.07, 6.45) is 2.80. The average Bonchev–Trinajstić information content (AvgIpc) is 2.84. The van der Waals surface area contributed by atoms with Crippen LogP contribution < -0.4 is 5.32 Å². The molecule has 1 aromatic heterocycles. The Morgan fingerprint density at radius 3 is 2.78 bits per heavy atom. The first kappa shape index (κ1) is 14.3. The number of furan rings is 1. The molecule has 0 unspecified atom stereocenters. The molecular formula is C13H20N2O3. The lowest BCUT2D eigenvalue weighted by molar-refractivity contribution is -0.130. The van der Waals surface area contributed by atoms with E-state index in [2.05, 4.69) is 5.32 Å². The van der Waals surface area contributed by atoms with Gasteiger partial charge in [0, 0.05) is 26.4 Å². The molecule has 1 aromatic rings. The fraction of sp³-hybridized carbons (Fsp3) is 0.538. The first-order valence-electron chi connectivity index (χ1n) is 6.18. The highest BCUT2D eigenvalue weighted by atomic mass is 16.3. The third kappa shape index (κ3) is 5.03. The van der Waals surface area contributed by atoms with E-state index in [-0.39, 0.29) is 11.8 Å². The van der Waals surface area contributed by atoms with Crippen LogP contribution in [0, 0.1) is 0 Å². The van der Waals surface area contributed by atoms with Crippen molar-refractivity contribution in [1.82, 2.24) is 10.2 Å². The fourth-order valence-electron chi connectivity index (χ4n) is 1.53. The Morgan fingerprint density at radius 2 is 2.22 bits per heavy atom. The van der Waals surface area contributed by atoms with Crippen LogP contribution in [0.15, 0.2) is 22.8 Å². The second-order valence-electron chi connectivity index (χ2n) is 4.12. The van der Waals surface area contributed by atoms with Crippen LogP contribution >= 0.6 is 0 Å². The molecule has 0 aliphatic rings. The smallest absolute Gasteiger partial charge is 0.221 e. The zero-order chi connectivity index (χ0) is 13.4. The molecule has 0 aliphatic carbocycles. The molecular weight excluding hydrogens is 232 g/mol. The highest BCUT2D eigenvalue weighted by Gasteiger charge is 2.12. The Bertz CT molecular complexity index is 374. The summed E-state index contributed by atoms with van der Waals surface area (Å²) in [5.41, 5.74) is 0. The van der Waals surface area contributed by atoms with Crippen LogP contribution in [-0.4, -0.2) is 29.8 Å². The van der Waals surface area contributed by atoms with Crippen LogP contribution in [0.25, 0.3) is 0 Å². The molecule has 100 valence electrons. The highest BCUT2D eigenvalue weighted by Crippen LogP contribution is 2.06. The summed E-state index contributed by atoms with van der Waals surface area (Å²) in [7, 11) is 0. The minimum Gasteiger partial charge on any atom is -0.467 e. The normalized spacial score (nSPS) is 10.1. The molecule has 0 atom stereocenters. The zero-order valence-corrected chi connectivity index (χ0v) is 10.9. The second-order valence-corrected chi connectivity index (χ2v) is 4.12. The molecule has 0 bridgehead atoms. The van der Waals surface area contributed by atoms with Gasteiger partial charge in [-0.25, -0.2) is 0 Å². The Morgan fingerprint density at radius 1 is 1.44 bits per heavy atom. The van der Waals surface area contributed by atoms with Gasteiger partial charge in [0.15, 0.2) is 0 Å². The summed E-state index contributed by atoms with van der Waals surface area (Å²) in [6, 6.07) is 3.59. The van der Waals surface area contributed by atoms with Crippen molar-refractivity contribution in [2.75, 3.05) is 13.1 Å². The number of hydrogen-bond acceptors (Lipinski definition) is 3. The van der Waals surface area contributed by atoms with Gasteiger partial charge in [-0.1, -0.05) is 6.92 Å². The van der Waals surface area contributed by atoms with Crippen molar-refractivity contribution in [2.45, 2.75) is 33.2 Å². The number of carbonyl (C=O) groups excluding carboxylic acids is 2. The van der Waals surface area contributed by atoms with Crippen molar-refractivity contribution in [2.24, 2.45) is 0 Å². The summed E-state index contributed by atoms with van der Waals surface area (Å²) in [6.45, 7) is 4.98. The van der Waals surface area contributed by atoms with Crippen LogP contribution in [0.1, 0.15) is 32.4 Å². The zero-order valence-electron chi connectivity index (χ0n) is 10.9. The van der Waals surface area contributed by atoms with Crippen LogP contribution in [0.4, 0.5) is 0 Å². The van der Waals surface area contributed by atoms with Crippen molar-refractivity contribution in [3.8, 4) is 0 Å². The van der Waals surface area contributed by atoms with Crippen molar-refractivity contribution >= 4 is 11.8 Å². The number of amides is 2. The largest absolute Gasteiger partial charge is 0.467 e. The van der Waals surface area contributed by atoms with E-state index in [4.69, 9.17) is 4.42 Å². The third-order valence-electron chi connectivity index (χ3n) is 2.55. The monoisotopic (exact) mass is 252 g/mol. The minimum atomic E-state index is -0.0605. The lowest BCUT2D eigenvalue weighted by Crippen LogP contribution is -2.33. The van der Waals surface area contributed by atoms with E-state index in [1.165, 1.54) is 6.92 Å². The van der Waals surface area contributed by atoms with Gasteiger partial charge in [0.2, 0.25) is 11.8 Å². The lowest BCUT2D eigenvalue weighted by atomic mass is 10.3. The van der Waals surface area contributed by atoms with E-state index < -0.39 is 0 Å². The second kappa shape index (κ2) is 7.53. The first-order chi connectivity index (χ1) is 8.63. The van der Waals surface area contributed by atoms with E-state index >= 15 is 0 Å². The van der Waals surface area contributed by atoms with Gasteiger partial charge >= 0.3 is 0 Å². The standard InChI is InChI=1S/C13H20N2O3/c1-3-7-14-13(17)6-8-15(11(2)16)10-12-5-4-9-18-12/h4-5,9H,3,6-8,10H2,1-2H3,(H,14,17). The molecule has 5 heteroatoms. The first-order valence-corrected chi connectivity index (χ1v) is 6.18. The maximum absolute atomic E-state index is 11.5. The molecule has 1 N–H and O–H groups in total. The predicted molar refractivity (Wildman–Crippen MR) is 67.7 cm³/mol. The fourth-order valence-corrected chi connectivity index (χ4v) is 1.53. The maximum Gasteiger partial charge on any atom is 0.221 e. The van der Waals surface area contributed by atoms with Gasteiger partial charge in [-0.3, -0.25) is 9.59 Å². The number of hydrogen-bond donors (Lipinski definition) is 1. The maximum atomic E-state index is 11.5. The highest BCUT2D eigenvalue weighted by molar-refractivity contribution is 5.77. The summed E-state index contributed by atoms with van der Waals surface area (Å²) in [5, 5.41) is 2.79. The lowest BCUT2D eigenvalue weighted by Gasteiger charge is -2.19. The molecule has 0 aromatic carbocycles. The van der Waals surface area contributed by atoms with E-state index in [1.807, 2.05) is 13.0 Å². The van der Waals surface area contributed by atoms with Gasteiger partial charge < -0.3 is 14.6 Å². The molecule has 0 aliphatic heterocycles. The molecule has 0 radical (unpaired) electrons. The van der Waals surface area contributed by atoms with E-state index in [0.29, 0.717) is 26.1 Å². The van der Waals surface area contributed by atoms with Gasteiger partial charge in [-0.2, -0.15) is 0 Å². The van der Waals surface area contributed by atoms with Gasteiger partial charge in [-0.05, 0) is 18.6 Å². The third-order valence-corrected chi connectivity index (χ3v) is 2.55. The SMILES string of the molecule is CCCNC(=O)CCN(Cc1ccco1)C(C)=O. The molecule has 1 rings (SSSR count). The summed E-state index contributed by atoms with van der Waals surface area (Å²) < 4.78 is 5.19. The Balaban J connectivity index is 2.39. The van der Waals surface area contributed by atoms with Gasteiger partial charge in [0.1, 0.15) is 5.76 Å². The molecule has 18 heavy (non-hydrogen) atoms. The van der Waals surface area contributed by atoms with Crippen molar-refractivity contribution in [3.05, 3.63) is 24.2 Å². The summed E-state index contributed by atoms with van der Waals surface area (Å²) in [5.74, 6) is 0.636. The van der Waals surface area contributed by atoms with Crippen LogP contribution in [-0.2, 0) is 16.1 Å². The van der Waals surface area contributed by atoms with Gasteiger partial charge in [-0.15, -0.1) is 0 Å². The summed E-state index contributed by atoms with van der Waals surface area (Å²) in [4.78, 5) is 24.5. The Hall–Kier alpha value is -1.78. The molecule has 0 saturated carbocycles. The number of rotatable bonds is 7. The van der Waals surface area contributed by atoms with Crippen LogP contribution in [0.2, 0.25) is 0 Å².